The molecule has 0 aliphatic carbocycles. The van der Waals surface area contributed by atoms with Gasteiger partial charge in [0.1, 0.15) is 11.5 Å². The number of nitrogens with one attached hydrogen (secondary N) is 2. The number of methoxy groups -OCH3 is 2. The highest BCUT2D eigenvalue weighted by molar-refractivity contribution is 6.32. The van der Waals surface area contributed by atoms with E-state index in [1.54, 1.807) is 14.2 Å². The monoisotopic (exact) mass is 641 g/mol. The standard InChI is InChI=1S/C36H37Cl2N5O2/c1-4-43(17-5-15-39-35-27-11-7-23(37)19-33(27)41-31-13-9-25(44-2)21-29(31)35)18-6-16-40-36-28-12-8-24(38)20-34(28)42-32-14-10-26(45-3)22-30(32)36/h7-14,19-22H,4-6,15-18H2,1-3H3,(H,39,41)(H,40,42). The Labute approximate surface area is 273 Å². The number of aromatic nitrogens is 2. The summed E-state index contributed by atoms with van der Waals surface area (Å²) < 4.78 is 11.0. The Morgan fingerprint density at radius 2 is 1.07 bits per heavy atom. The number of nitrogens with zero attached hydrogens (tertiary/aromatic N) is 3. The van der Waals surface area contributed by atoms with Gasteiger partial charge in [-0.25, -0.2) is 9.97 Å². The highest BCUT2D eigenvalue weighted by Crippen LogP contribution is 2.35. The Morgan fingerprint density at radius 3 is 1.49 bits per heavy atom. The number of anilines is 2. The lowest BCUT2D eigenvalue weighted by Crippen LogP contribution is -2.28. The average Bonchev–Trinajstić information content (AvgIpc) is 3.05. The molecule has 2 aromatic heterocycles. The van der Waals surface area contributed by atoms with Crippen molar-refractivity contribution in [2.45, 2.75) is 19.8 Å². The number of hydrogen-bond acceptors (Lipinski definition) is 7. The Bertz CT molecular complexity index is 1840. The number of rotatable bonds is 13. The molecule has 45 heavy (non-hydrogen) atoms. The van der Waals surface area contributed by atoms with Crippen molar-refractivity contribution < 1.29 is 9.47 Å². The van der Waals surface area contributed by atoms with Crippen LogP contribution < -0.4 is 20.1 Å². The largest absolute Gasteiger partial charge is 0.497 e. The van der Waals surface area contributed by atoms with E-state index in [1.165, 1.54) is 0 Å². The lowest BCUT2D eigenvalue weighted by molar-refractivity contribution is 0.286. The fraction of sp³-hybridized carbons (Fsp3) is 0.278. The summed E-state index contributed by atoms with van der Waals surface area (Å²) in [4.78, 5) is 12.2. The topological polar surface area (TPSA) is 71.5 Å². The summed E-state index contributed by atoms with van der Waals surface area (Å²) in [7, 11) is 3.37. The zero-order chi connectivity index (χ0) is 31.3. The molecule has 0 aliphatic rings. The van der Waals surface area contributed by atoms with Crippen LogP contribution in [0.2, 0.25) is 10.0 Å². The molecule has 0 saturated heterocycles. The van der Waals surface area contributed by atoms with Gasteiger partial charge in [-0.05, 0) is 105 Å². The molecule has 9 heteroatoms. The molecule has 0 spiro atoms. The minimum absolute atomic E-state index is 0.677. The molecule has 4 aromatic carbocycles. The van der Waals surface area contributed by atoms with Crippen molar-refractivity contribution in [3.8, 4) is 11.5 Å². The van der Waals surface area contributed by atoms with Gasteiger partial charge in [-0.3, -0.25) is 0 Å². The first-order valence-electron chi connectivity index (χ1n) is 15.3. The Kier molecular flexibility index (Phi) is 9.59. The smallest absolute Gasteiger partial charge is 0.119 e. The molecule has 0 amide bonds. The highest BCUT2D eigenvalue weighted by atomic mass is 35.5. The van der Waals surface area contributed by atoms with Gasteiger partial charge in [-0.1, -0.05) is 30.1 Å². The lowest BCUT2D eigenvalue weighted by Gasteiger charge is -2.21. The van der Waals surface area contributed by atoms with Gasteiger partial charge in [0.25, 0.3) is 0 Å². The minimum atomic E-state index is 0.677. The molecule has 0 fully saturated rings. The zero-order valence-corrected chi connectivity index (χ0v) is 27.3. The second-order valence-corrected chi connectivity index (χ2v) is 11.9. The van der Waals surface area contributed by atoms with Crippen LogP contribution in [0.4, 0.5) is 11.4 Å². The predicted octanol–water partition coefficient (Wildman–Crippen LogP) is 9.04. The van der Waals surface area contributed by atoms with E-state index in [-0.39, 0.29) is 0 Å². The summed E-state index contributed by atoms with van der Waals surface area (Å²) in [6.07, 6.45) is 2.01. The summed E-state index contributed by atoms with van der Waals surface area (Å²) in [6, 6.07) is 23.7. The van der Waals surface area contributed by atoms with Crippen LogP contribution in [0, 0.1) is 0 Å². The van der Waals surface area contributed by atoms with Gasteiger partial charge >= 0.3 is 0 Å². The number of fused-ring (bicyclic) bond motifs is 4. The maximum absolute atomic E-state index is 6.30. The lowest BCUT2D eigenvalue weighted by atomic mass is 10.1. The second kappa shape index (κ2) is 13.9. The van der Waals surface area contributed by atoms with Crippen LogP contribution in [0.1, 0.15) is 19.8 Å². The fourth-order valence-electron chi connectivity index (χ4n) is 5.89. The predicted molar refractivity (Wildman–Crippen MR) is 190 cm³/mol. The number of ether oxygens (including phenoxy) is 2. The van der Waals surface area contributed by atoms with Gasteiger partial charge in [0.15, 0.2) is 0 Å². The number of pyridine rings is 2. The molecular formula is C36H37Cl2N5O2. The van der Waals surface area contributed by atoms with Gasteiger partial charge in [-0.2, -0.15) is 0 Å². The van der Waals surface area contributed by atoms with Gasteiger partial charge in [0, 0.05) is 44.7 Å². The van der Waals surface area contributed by atoms with Gasteiger partial charge in [0.2, 0.25) is 0 Å². The Hall–Kier alpha value is -4.04. The third-order valence-corrected chi connectivity index (χ3v) is 8.71. The third kappa shape index (κ3) is 6.81. The van der Waals surface area contributed by atoms with Crippen molar-refractivity contribution in [3.05, 3.63) is 82.8 Å². The van der Waals surface area contributed by atoms with Crippen LogP contribution in [0.15, 0.2) is 72.8 Å². The first kappa shape index (κ1) is 31.0. The van der Waals surface area contributed by atoms with Crippen LogP contribution in [0.5, 0.6) is 11.5 Å². The summed E-state index contributed by atoms with van der Waals surface area (Å²) in [6.45, 7) is 6.88. The molecular weight excluding hydrogens is 605 g/mol. The van der Waals surface area contributed by atoms with E-state index in [2.05, 4.69) is 22.5 Å². The van der Waals surface area contributed by atoms with Gasteiger partial charge < -0.3 is 25.0 Å². The van der Waals surface area contributed by atoms with Gasteiger partial charge in [0.05, 0.1) is 47.7 Å². The van der Waals surface area contributed by atoms with E-state index in [1.807, 2.05) is 72.8 Å². The maximum Gasteiger partial charge on any atom is 0.119 e. The van der Waals surface area contributed by atoms with E-state index in [0.717, 1.165) is 112 Å². The van der Waals surface area contributed by atoms with Crippen LogP contribution in [0.3, 0.4) is 0 Å². The maximum atomic E-state index is 6.30. The average molecular weight is 643 g/mol. The van der Waals surface area contributed by atoms with Crippen LogP contribution in [-0.4, -0.2) is 61.8 Å². The molecule has 0 atom stereocenters. The van der Waals surface area contributed by atoms with Crippen LogP contribution in [-0.2, 0) is 0 Å². The molecule has 2 heterocycles. The quantitative estimate of drug-likeness (QED) is 0.0962. The van der Waals surface area contributed by atoms with Crippen molar-refractivity contribution in [2.75, 3.05) is 57.6 Å². The highest BCUT2D eigenvalue weighted by Gasteiger charge is 2.13. The number of hydrogen-bond donors (Lipinski definition) is 2. The van der Waals surface area contributed by atoms with Crippen molar-refractivity contribution in [1.82, 2.24) is 14.9 Å². The molecule has 2 N–H and O–H groups in total. The van der Waals surface area contributed by atoms with Crippen molar-refractivity contribution >= 4 is 78.2 Å². The molecule has 0 radical (unpaired) electrons. The van der Waals surface area contributed by atoms with E-state index in [4.69, 9.17) is 42.6 Å². The molecule has 0 aliphatic heterocycles. The van der Waals surface area contributed by atoms with E-state index in [0.29, 0.717) is 10.0 Å². The summed E-state index contributed by atoms with van der Waals surface area (Å²) in [5.41, 5.74) is 5.70. The molecule has 0 unspecified atom stereocenters. The summed E-state index contributed by atoms with van der Waals surface area (Å²) >= 11 is 12.6. The SMILES string of the molecule is CCN(CCCNc1c2ccc(Cl)cc2nc2ccc(OC)cc12)CCCNc1c2ccc(Cl)cc2nc2ccc(OC)cc12. The van der Waals surface area contributed by atoms with Crippen molar-refractivity contribution in [2.24, 2.45) is 0 Å². The zero-order valence-electron chi connectivity index (χ0n) is 25.8. The summed E-state index contributed by atoms with van der Waals surface area (Å²) in [5.74, 6) is 1.62. The van der Waals surface area contributed by atoms with Crippen LogP contribution >= 0.6 is 23.2 Å². The second-order valence-electron chi connectivity index (χ2n) is 11.1. The third-order valence-electron chi connectivity index (χ3n) is 8.24. The van der Waals surface area contributed by atoms with E-state index in [9.17, 15) is 0 Å². The molecule has 7 nitrogen and oxygen atoms in total. The molecule has 6 aromatic rings. The first-order chi connectivity index (χ1) is 22.0. The number of benzene rings is 4. The first-order valence-corrected chi connectivity index (χ1v) is 16.1. The fourth-order valence-corrected chi connectivity index (χ4v) is 6.22. The molecule has 0 bridgehead atoms. The number of halogens is 2. The van der Waals surface area contributed by atoms with Crippen LogP contribution in [0.25, 0.3) is 43.6 Å². The normalized spacial score (nSPS) is 11.6. The molecule has 6 rings (SSSR count). The Morgan fingerprint density at radius 1 is 0.600 bits per heavy atom. The van der Waals surface area contributed by atoms with E-state index >= 15 is 0 Å². The molecule has 232 valence electrons. The minimum Gasteiger partial charge on any atom is -0.497 e. The Balaban J connectivity index is 1.09. The van der Waals surface area contributed by atoms with E-state index < -0.39 is 0 Å². The van der Waals surface area contributed by atoms with Gasteiger partial charge in [-0.15, -0.1) is 0 Å². The summed E-state index contributed by atoms with van der Waals surface area (Å²) in [5, 5.41) is 13.0. The van der Waals surface area contributed by atoms with Crippen molar-refractivity contribution in [3.63, 3.8) is 0 Å². The van der Waals surface area contributed by atoms with Crippen molar-refractivity contribution in [1.29, 1.82) is 0 Å². The molecule has 0 saturated carbocycles.